The number of hydrogen-bond donors (Lipinski definition) is 1. The normalized spacial score (nSPS) is 18.8. The summed E-state index contributed by atoms with van der Waals surface area (Å²) < 4.78 is 2.26. The summed E-state index contributed by atoms with van der Waals surface area (Å²) in [7, 11) is 0. The summed E-state index contributed by atoms with van der Waals surface area (Å²) in [6.45, 7) is 5.38. The molecule has 3 heteroatoms. The van der Waals surface area contributed by atoms with Gasteiger partial charge in [-0.3, -0.25) is 0 Å². The number of aromatic nitrogens is 2. The highest BCUT2D eigenvalue weighted by molar-refractivity contribution is 4.99. The SMILES string of the molecule is CC(C)n1cncc1CNC1CCCCCCC1. The summed E-state index contributed by atoms with van der Waals surface area (Å²) in [6.07, 6.45) is 13.7. The molecule has 0 bridgehead atoms. The van der Waals surface area contributed by atoms with E-state index in [4.69, 9.17) is 0 Å². The third-order valence-corrected chi connectivity index (χ3v) is 3.98. The number of nitrogens with zero attached hydrogens (tertiary/aromatic N) is 2. The van der Waals surface area contributed by atoms with Crippen molar-refractivity contribution in [1.29, 1.82) is 0 Å². The van der Waals surface area contributed by atoms with E-state index in [9.17, 15) is 0 Å². The van der Waals surface area contributed by atoms with Crippen molar-refractivity contribution < 1.29 is 0 Å². The van der Waals surface area contributed by atoms with Gasteiger partial charge in [-0.05, 0) is 26.7 Å². The molecule has 0 amide bonds. The molecule has 1 aliphatic carbocycles. The average molecular weight is 249 g/mol. The van der Waals surface area contributed by atoms with Crippen LogP contribution in [-0.4, -0.2) is 15.6 Å². The van der Waals surface area contributed by atoms with Gasteiger partial charge in [-0.25, -0.2) is 4.98 Å². The molecule has 0 aliphatic heterocycles. The molecule has 1 aromatic rings. The monoisotopic (exact) mass is 249 g/mol. The van der Waals surface area contributed by atoms with Crippen LogP contribution in [0.4, 0.5) is 0 Å². The van der Waals surface area contributed by atoms with Crippen LogP contribution < -0.4 is 5.32 Å². The van der Waals surface area contributed by atoms with Crippen LogP contribution >= 0.6 is 0 Å². The second kappa shape index (κ2) is 6.93. The fourth-order valence-corrected chi connectivity index (χ4v) is 2.84. The maximum absolute atomic E-state index is 4.26. The Morgan fingerprint density at radius 3 is 2.56 bits per heavy atom. The molecule has 0 aromatic carbocycles. The zero-order valence-electron chi connectivity index (χ0n) is 11.9. The van der Waals surface area contributed by atoms with Gasteiger partial charge in [-0.15, -0.1) is 0 Å². The van der Waals surface area contributed by atoms with Crippen molar-refractivity contribution in [2.45, 2.75) is 77.4 Å². The van der Waals surface area contributed by atoms with Crippen molar-refractivity contribution in [2.24, 2.45) is 0 Å². The summed E-state index contributed by atoms with van der Waals surface area (Å²) in [6, 6.07) is 1.21. The lowest BCUT2D eigenvalue weighted by Crippen LogP contribution is -2.30. The van der Waals surface area contributed by atoms with Crippen molar-refractivity contribution in [3.05, 3.63) is 18.2 Å². The van der Waals surface area contributed by atoms with E-state index in [-0.39, 0.29) is 0 Å². The van der Waals surface area contributed by atoms with Crippen LogP contribution in [0.5, 0.6) is 0 Å². The Morgan fingerprint density at radius 1 is 1.22 bits per heavy atom. The average Bonchev–Trinajstić information content (AvgIpc) is 2.76. The van der Waals surface area contributed by atoms with Gasteiger partial charge in [0, 0.05) is 24.8 Å². The third kappa shape index (κ3) is 3.84. The smallest absolute Gasteiger partial charge is 0.0951 e. The molecule has 0 unspecified atom stereocenters. The zero-order chi connectivity index (χ0) is 12.8. The Hall–Kier alpha value is -0.830. The van der Waals surface area contributed by atoms with Gasteiger partial charge in [-0.1, -0.05) is 32.1 Å². The molecule has 2 rings (SSSR count). The summed E-state index contributed by atoms with van der Waals surface area (Å²) in [5, 5.41) is 3.73. The molecule has 1 fully saturated rings. The fraction of sp³-hybridized carbons (Fsp3) is 0.800. The fourth-order valence-electron chi connectivity index (χ4n) is 2.84. The van der Waals surface area contributed by atoms with E-state index in [1.807, 2.05) is 12.5 Å². The first-order valence-corrected chi connectivity index (χ1v) is 7.51. The number of nitrogens with one attached hydrogen (secondary N) is 1. The lowest BCUT2D eigenvalue weighted by molar-refractivity contribution is 0.383. The molecule has 0 spiro atoms. The quantitative estimate of drug-likeness (QED) is 0.882. The van der Waals surface area contributed by atoms with Crippen LogP contribution in [0.15, 0.2) is 12.5 Å². The van der Waals surface area contributed by atoms with Crippen LogP contribution in [0, 0.1) is 0 Å². The van der Waals surface area contributed by atoms with E-state index in [2.05, 4.69) is 28.7 Å². The van der Waals surface area contributed by atoms with Crippen LogP contribution in [0.3, 0.4) is 0 Å². The molecule has 1 heterocycles. The number of rotatable bonds is 4. The molecule has 18 heavy (non-hydrogen) atoms. The second-order valence-corrected chi connectivity index (χ2v) is 5.81. The maximum Gasteiger partial charge on any atom is 0.0951 e. The van der Waals surface area contributed by atoms with E-state index >= 15 is 0 Å². The van der Waals surface area contributed by atoms with Crippen molar-refractivity contribution in [1.82, 2.24) is 14.9 Å². The second-order valence-electron chi connectivity index (χ2n) is 5.81. The standard InChI is InChI=1S/C15H27N3/c1-13(2)18-12-16-10-15(18)11-17-14-8-6-4-3-5-7-9-14/h10,12-14,17H,3-9,11H2,1-2H3. The highest BCUT2D eigenvalue weighted by atomic mass is 15.1. The van der Waals surface area contributed by atoms with Gasteiger partial charge in [-0.2, -0.15) is 0 Å². The zero-order valence-corrected chi connectivity index (χ0v) is 11.9. The molecular weight excluding hydrogens is 222 g/mol. The van der Waals surface area contributed by atoms with Crippen LogP contribution in [0.2, 0.25) is 0 Å². The number of imidazole rings is 1. The summed E-state index contributed by atoms with van der Waals surface area (Å²) in [5.74, 6) is 0. The lowest BCUT2D eigenvalue weighted by atomic mass is 9.97. The largest absolute Gasteiger partial charge is 0.331 e. The minimum absolute atomic E-state index is 0.502. The first kappa shape index (κ1) is 13.6. The molecule has 0 saturated heterocycles. The Morgan fingerprint density at radius 2 is 1.89 bits per heavy atom. The molecule has 1 N–H and O–H groups in total. The van der Waals surface area contributed by atoms with Gasteiger partial charge >= 0.3 is 0 Å². The highest BCUT2D eigenvalue weighted by Gasteiger charge is 2.12. The van der Waals surface area contributed by atoms with Gasteiger partial charge in [0.05, 0.1) is 12.0 Å². The summed E-state index contributed by atoms with van der Waals surface area (Å²) >= 11 is 0. The van der Waals surface area contributed by atoms with E-state index in [1.165, 1.54) is 50.6 Å². The molecule has 1 aliphatic rings. The van der Waals surface area contributed by atoms with Gasteiger partial charge in [0.15, 0.2) is 0 Å². The summed E-state index contributed by atoms with van der Waals surface area (Å²) in [4.78, 5) is 4.26. The Bertz CT molecular complexity index is 335. The molecular formula is C15H27N3. The highest BCUT2D eigenvalue weighted by Crippen LogP contribution is 2.17. The predicted molar refractivity (Wildman–Crippen MR) is 75.6 cm³/mol. The summed E-state index contributed by atoms with van der Waals surface area (Å²) in [5.41, 5.74) is 1.31. The molecule has 102 valence electrons. The van der Waals surface area contributed by atoms with Gasteiger partial charge in [0.2, 0.25) is 0 Å². The molecule has 1 saturated carbocycles. The van der Waals surface area contributed by atoms with E-state index < -0.39 is 0 Å². The van der Waals surface area contributed by atoms with Crippen LogP contribution in [0.1, 0.15) is 70.5 Å². The van der Waals surface area contributed by atoms with Gasteiger partial charge in [0.1, 0.15) is 0 Å². The van der Waals surface area contributed by atoms with Crippen molar-refractivity contribution in [3.8, 4) is 0 Å². The Balaban J connectivity index is 1.83. The minimum Gasteiger partial charge on any atom is -0.331 e. The van der Waals surface area contributed by atoms with Crippen molar-refractivity contribution in [2.75, 3.05) is 0 Å². The first-order valence-electron chi connectivity index (χ1n) is 7.51. The molecule has 0 atom stereocenters. The van der Waals surface area contributed by atoms with E-state index in [1.54, 1.807) is 0 Å². The lowest BCUT2D eigenvalue weighted by Gasteiger charge is -2.21. The molecule has 3 nitrogen and oxygen atoms in total. The topological polar surface area (TPSA) is 29.9 Å². The number of hydrogen-bond acceptors (Lipinski definition) is 2. The van der Waals surface area contributed by atoms with Gasteiger partial charge in [0.25, 0.3) is 0 Å². The third-order valence-electron chi connectivity index (χ3n) is 3.98. The van der Waals surface area contributed by atoms with Crippen molar-refractivity contribution >= 4 is 0 Å². The Kier molecular flexibility index (Phi) is 5.24. The predicted octanol–water partition coefficient (Wildman–Crippen LogP) is 3.67. The first-order chi connectivity index (χ1) is 8.77. The van der Waals surface area contributed by atoms with E-state index in [0.717, 1.165) is 6.54 Å². The Labute approximate surface area is 111 Å². The van der Waals surface area contributed by atoms with Crippen molar-refractivity contribution in [3.63, 3.8) is 0 Å². The van der Waals surface area contributed by atoms with Gasteiger partial charge < -0.3 is 9.88 Å². The molecule has 0 radical (unpaired) electrons. The van der Waals surface area contributed by atoms with Crippen LogP contribution in [0.25, 0.3) is 0 Å². The van der Waals surface area contributed by atoms with Crippen LogP contribution in [-0.2, 0) is 6.54 Å². The minimum atomic E-state index is 0.502. The maximum atomic E-state index is 4.26. The molecule has 1 aromatic heterocycles. The van der Waals surface area contributed by atoms with E-state index in [0.29, 0.717) is 12.1 Å².